The minimum atomic E-state index is -3.35. The van der Waals surface area contributed by atoms with Crippen LogP contribution in [-0.2, 0) is 15.4 Å². The molecule has 1 aromatic heterocycles. The number of anilines is 1. The van der Waals surface area contributed by atoms with E-state index in [0.717, 1.165) is 18.2 Å². The maximum Gasteiger partial charge on any atom is 0.238 e. The molecule has 1 heterocycles. The topological polar surface area (TPSA) is 68.3 Å². The second kappa shape index (κ2) is 5.14. The van der Waals surface area contributed by atoms with Crippen molar-refractivity contribution < 1.29 is 13.2 Å². The van der Waals surface area contributed by atoms with Crippen LogP contribution in [0.1, 0.15) is 32.8 Å². The van der Waals surface area contributed by atoms with Gasteiger partial charge in [-0.1, -0.05) is 20.8 Å². The van der Waals surface area contributed by atoms with E-state index >= 15 is 0 Å². The molecule has 0 radical (unpaired) electrons. The fourth-order valence-corrected chi connectivity index (χ4v) is 2.01. The van der Waals surface area contributed by atoms with Crippen LogP contribution in [0.4, 0.5) is 5.69 Å². The summed E-state index contributed by atoms with van der Waals surface area (Å²) >= 11 is 0. The monoisotopic (exact) mass is 272 g/mol. The standard InChI is InChI=1S/C12H20N2O3S/c1-6-12(2,3)9-7-10(14-18(5,15)16)11(17-4)13-8-9/h7-8,14H,6H2,1-5H3. The highest BCUT2D eigenvalue weighted by Crippen LogP contribution is 2.31. The van der Waals surface area contributed by atoms with E-state index in [2.05, 4.69) is 30.5 Å². The molecule has 0 aliphatic rings. The number of hydrogen-bond donors (Lipinski definition) is 1. The molecule has 5 nitrogen and oxygen atoms in total. The van der Waals surface area contributed by atoms with Crippen LogP contribution in [0.3, 0.4) is 0 Å². The predicted molar refractivity (Wildman–Crippen MR) is 72.6 cm³/mol. The van der Waals surface area contributed by atoms with Crippen LogP contribution in [0.15, 0.2) is 12.3 Å². The fraction of sp³-hybridized carbons (Fsp3) is 0.583. The van der Waals surface area contributed by atoms with E-state index in [1.54, 1.807) is 12.3 Å². The predicted octanol–water partition coefficient (Wildman–Crippen LogP) is 2.15. The SMILES string of the molecule is CCC(C)(C)c1cnc(OC)c(NS(C)(=O)=O)c1. The van der Waals surface area contributed by atoms with Crippen molar-refractivity contribution >= 4 is 15.7 Å². The van der Waals surface area contributed by atoms with Crippen LogP contribution in [0.2, 0.25) is 0 Å². The maximum atomic E-state index is 11.3. The number of rotatable bonds is 5. The molecular weight excluding hydrogens is 252 g/mol. The Hall–Kier alpha value is -1.30. The molecule has 0 atom stereocenters. The summed E-state index contributed by atoms with van der Waals surface area (Å²) in [6.07, 6.45) is 3.75. The molecule has 0 saturated heterocycles. The lowest BCUT2D eigenvalue weighted by molar-refractivity contribution is 0.398. The van der Waals surface area contributed by atoms with E-state index in [-0.39, 0.29) is 11.3 Å². The van der Waals surface area contributed by atoms with Gasteiger partial charge in [0.15, 0.2) is 0 Å². The number of methoxy groups -OCH3 is 1. The average Bonchev–Trinajstić information content (AvgIpc) is 2.26. The molecule has 1 aromatic rings. The van der Waals surface area contributed by atoms with Crippen molar-refractivity contribution in [3.8, 4) is 5.88 Å². The summed E-state index contributed by atoms with van der Waals surface area (Å²) in [5.74, 6) is 0.274. The largest absolute Gasteiger partial charge is 0.480 e. The molecule has 1 N–H and O–H groups in total. The number of sulfonamides is 1. The third-order valence-corrected chi connectivity index (χ3v) is 3.60. The molecule has 0 fully saturated rings. The lowest BCUT2D eigenvalue weighted by atomic mass is 9.83. The van der Waals surface area contributed by atoms with Gasteiger partial charge in [0.1, 0.15) is 5.69 Å². The molecule has 0 saturated carbocycles. The number of nitrogens with zero attached hydrogens (tertiary/aromatic N) is 1. The fourth-order valence-electron chi connectivity index (χ4n) is 1.46. The number of pyridine rings is 1. The van der Waals surface area contributed by atoms with Gasteiger partial charge in [-0.2, -0.15) is 0 Å². The van der Waals surface area contributed by atoms with Crippen molar-refractivity contribution in [3.05, 3.63) is 17.8 Å². The lowest BCUT2D eigenvalue weighted by Gasteiger charge is -2.24. The Kier molecular flexibility index (Phi) is 4.21. The molecular formula is C12H20N2O3S. The Morgan fingerprint density at radius 1 is 1.44 bits per heavy atom. The Morgan fingerprint density at radius 2 is 2.06 bits per heavy atom. The minimum Gasteiger partial charge on any atom is -0.480 e. The Balaban J connectivity index is 3.26. The van der Waals surface area contributed by atoms with Gasteiger partial charge in [-0.05, 0) is 23.5 Å². The first-order valence-corrected chi connectivity index (χ1v) is 7.61. The molecule has 0 amide bonds. The zero-order chi connectivity index (χ0) is 14.0. The summed E-state index contributed by atoms with van der Waals surface area (Å²) < 4.78 is 30.1. The van der Waals surface area contributed by atoms with Gasteiger partial charge in [-0.15, -0.1) is 0 Å². The van der Waals surface area contributed by atoms with Crippen LogP contribution < -0.4 is 9.46 Å². The van der Waals surface area contributed by atoms with Gasteiger partial charge in [-0.3, -0.25) is 4.72 Å². The highest BCUT2D eigenvalue weighted by molar-refractivity contribution is 7.92. The third kappa shape index (κ3) is 3.60. The Bertz CT molecular complexity index is 524. The summed E-state index contributed by atoms with van der Waals surface area (Å²) in [4.78, 5) is 4.15. The van der Waals surface area contributed by atoms with Crippen molar-refractivity contribution in [1.29, 1.82) is 0 Å². The zero-order valence-corrected chi connectivity index (χ0v) is 12.3. The molecule has 0 aliphatic heterocycles. The molecule has 0 bridgehead atoms. The molecule has 102 valence electrons. The van der Waals surface area contributed by atoms with Gasteiger partial charge in [0, 0.05) is 6.20 Å². The average molecular weight is 272 g/mol. The number of ether oxygens (including phenoxy) is 1. The van der Waals surface area contributed by atoms with E-state index in [1.165, 1.54) is 7.11 Å². The highest BCUT2D eigenvalue weighted by atomic mass is 32.2. The molecule has 6 heteroatoms. The summed E-state index contributed by atoms with van der Waals surface area (Å²) in [5, 5.41) is 0. The minimum absolute atomic E-state index is 0.0623. The van der Waals surface area contributed by atoms with Crippen molar-refractivity contribution in [3.63, 3.8) is 0 Å². The lowest BCUT2D eigenvalue weighted by Crippen LogP contribution is -2.18. The first-order valence-electron chi connectivity index (χ1n) is 5.72. The van der Waals surface area contributed by atoms with Gasteiger partial charge < -0.3 is 4.74 Å². The second-order valence-corrected chi connectivity index (χ2v) is 6.64. The van der Waals surface area contributed by atoms with Crippen LogP contribution in [0.5, 0.6) is 5.88 Å². The molecule has 1 rings (SSSR count). The quantitative estimate of drug-likeness (QED) is 0.891. The Morgan fingerprint density at radius 3 is 2.50 bits per heavy atom. The smallest absolute Gasteiger partial charge is 0.238 e. The van der Waals surface area contributed by atoms with Crippen molar-refractivity contribution in [2.24, 2.45) is 0 Å². The summed E-state index contributed by atoms with van der Waals surface area (Å²) in [7, 11) is -1.89. The zero-order valence-electron chi connectivity index (χ0n) is 11.4. The van der Waals surface area contributed by atoms with E-state index in [9.17, 15) is 8.42 Å². The molecule has 0 aromatic carbocycles. The summed E-state index contributed by atoms with van der Waals surface area (Å²) in [6.45, 7) is 6.25. The molecule has 18 heavy (non-hydrogen) atoms. The van der Waals surface area contributed by atoms with E-state index < -0.39 is 10.0 Å². The summed E-state index contributed by atoms with van der Waals surface area (Å²) in [6, 6.07) is 1.77. The van der Waals surface area contributed by atoms with Gasteiger partial charge in [0.05, 0.1) is 13.4 Å². The Labute approximate surface area is 109 Å². The number of aromatic nitrogens is 1. The summed E-state index contributed by atoms with van der Waals surface area (Å²) in [5.41, 5.74) is 1.28. The normalized spacial score (nSPS) is 12.3. The second-order valence-electron chi connectivity index (χ2n) is 4.89. The molecule has 0 unspecified atom stereocenters. The first-order chi connectivity index (χ1) is 8.19. The van der Waals surface area contributed by atoms with Gasteiger partial charge in [0.2, 0.25) is 15.9 Å². The third-order valence-electron chi connectivity index (χ3n) is 3.01. The van der Waals surface area contributed by atoms with Crippen LogP contribution in [0, 0.1) is 0 Å². The molecule has 0 aliphatic carbocycles. The van der Waals surface area contributed by atoms with Gasteiger partial charge in [0.25, 0.3) is 0 Å². The van der Waals surface area contributed by atoms with E-state index in [4.69, 9.17) is 4.74 Å². The van der Waals surface area contributed by atoms with Crippen LogP contribution in [0.25, 0.3) is 0 Å². The highest BCUT2D eigenvalue weighted by Gasteiger charge is 2.21. The maximum absolute atomic E-state index is 11.3. The van der Waals surface area contributed by atoms with E-state index in [0.29, 0.717) is 5.69 Å². The van der Waals surface area contributed by atoms with Crippen LogP contribution >= 0.6 is 0 Å². The molecule has 0 spiro atoms. The first kappa shape index (κ1) is 14.8. The van der Waals surface area contributed by atoms with E-state index in [1.807, 2.05) is 0 Å². The van der Waals surface area contributed by atoms with Crippen LogP contribution in [-0.4, -0.2) is 26.8 Å². The van der Waals surface area contributed by atoms with Crippen molar-refractivity contribution in [2.45, 2.75) is 32.6 Å². The van der Waals surface area contributed by atoms with Crippen molar-refractivity contribution in [2.75, 3.05) is 18.1 Å². The van der Waals surface area contributed by atoms with Crippen molar-refractivity contribution in [1.82, 2.24) is 4.98 Å². The van der Waals surface area contributed by atoms with Gasteiger partial charge in [-0.25, -0.2) is 13.4 Å². The number of hydrogen-bond acceptors (Lipinski definition) is 4. The number of nitrogens with one attached hydrogen (secondary N) is 1. The van der Waals surface area contributed by atoms with Gasteiger partial charge >= 0.3 is 0 Å².